The van der Waals surface area contributed by atoms with E-state index in [0.717, 1.165) is 11.6 Å². The summed E-state index contributed by atoms with van der Waals surface area (Å²) in [5, 5.41) is 20.6. The van der Waals surface area contributed by atoms with Crippen molar-refractivity contribution < 1.29 is 28.9 Å². The smallest absolute Gasteiger partial charge is 0.311 e. The molecule has 2 N–H and O–H groups in total. The van der Waals surface area contributed by atoms with Crippen LogP contribution in [0.2, 0.25) is 0 Å². The Balaban J connectivity index is 2.39. The van der Waals surface area contributed by atoms with Gasteiger partial charge < -0.3 is 24.1 Å². The van der Waals surface area contributed by atoms with E-state index >= 15 is 0 Å². The summed E-state index contributed by atoms with van der Waals surface area (Å²) in [5.41, 5.74) is 1.14. The van der Waals surface area contributed by atoms with Gasteiger partial charge in [0.15, 0.2) is 5.76 Å². The number of hydrogen-bond acceptors (Lipinski definition) is 7. The first-order chi connectivity index (χ1) is 14.8. The van der Waals surface area contributed by atoms with Gasteiger partial charge in [-0.05, 0) is 44.5 Å². The Hall–Kier alpha value is -3.74. The molecule has 0 spiro atoms. The van der Waals surface area contributed by atoms with Gasteiger partial charge in [-0.15, -0.1) is 0 Å². The molecule has 0 unspecified atom stereocenters. The molecule has 1 heterocycles. The van der Waals surface area contributed by atoms with Crippen LogP contribution in [0.15, 0.2) is 51.2 Å². The minimum Gasteiger partial charge on any atom is -0.507 e. The molecular weight excluding hydrogens is 400 g/mol. The highest BCUT2D eigenvalue weighted by molar-refractivity contribution is 5.92. The lowest BCUT2D eigenvalue weighted by molar-refractivity contribution is -0.134. The first kappa shape index (κ1) is 22.0. The largest absolute Gasteiger partial charge is 0.507 e. The molecule has 7 heteroatoms. The van der Waals surface area contributed by atoms with E-state index < -0.39 is 17.1 Å². The van der Waals surface area contributed by atoms with Crippen molar-refractivity contribution in [3.05, 3.63) is 57.8 Å². The second-order valence-corrected chi connectivity index (χ2v) is 7.23. The number of fused-ring (bicyclic) bond motifs is 1. The van der Waals surface area contributed by atoms with E-state index in [-0.39, 0.29) is 41.1 Å². The molecule has 0 aliphatic rings. The van der Waals surface area contributed by atoms with E-state index in [1.807, 2.05) is 19.9 Å². The molecule has 2 aromatic carbocycles. The Morgan fingerprint density at radius 1 is 1.13 bits per heavy atom. The van der Waals surface area contributed by atoms with Crippen LogP contribution in [0, 0.1) is 0 Å². The van der Waals surface area contributed by atoms with Crippen LogP contribution in [0.1, 0.15) is 32.8 Å². The van der Waals surface area contributed by atoms with Gasteiger partial charge in [-0.2, -0.15) is 0 Å². The zero-order chi connectivity index (χ0) is 22.7. The van der Waals surface area contributed by atoms with Crippen molar-refractivity contribution in [3.8, 4) is 34.3 Å². The molecule has 0 aliphatic carbocycles. The molecule has 1 aromatic heterocycles. The zero-order valence-electron chi connectivity index (χ0n) is 17.8. The number of methoxy groups -OCH3 is 1. The van der Waals surface area contributed by atoms with Crippen LogP contribution in [0.3, 0.4) is 0 Å². The SMILES string of the molecule is CCC(=O)Oc1c(-c2ccc(OC)cc2)oc2c(CC=C(C)C)c(O)cc(O)c2c1=O. The van der Waals surface area contributed by atoms with Gasteiger partial charge in [-0.25, -0.2) is 0 Å². The fourth-order valence-electron chi connectivity index (χ4n) is 3.08. The van der Waals surface area contributed by atoms with Crippen molar-refractivity contribution in [2.24, 2.45) is 0 Å². The summed E-state index contributed by atoms with van der Waals surface area (Å²) in [7, 11) is 1.53. The highest BCUT2D eigenvalue weighted by Gasteiger charge is 2.25. The predicted molar refractivity (Wildman–Crippen MR) is 117 cm³/mol. The molecule has 0 bridgehead atoms. The van der Waals surface area contributed by atoms with Gasteiger partial charge in [-0.3, -0.25) is 9.59 Å². The molecule has 0 saturated carbocycles. The maximum absolute atomic E-state index is 13.3. The van der Waals surface area contributed by atoms with Crippen LogP contribution >= 0.6 is 0 Å². The predicted octanol–water partition coefficient (Wildman–Crippen LogP) is 4.70. The summed E-state index contributed by atoms with van der Waals surface area (Å²) in [5.74, 6) is -0.992. The van der Waals surface area contributed by atoms with E-state index in [1.54, 1.807) is 31.2 Å². The summed E-state index contributed by atoms with van der Waals surface area (Å²) >= 11 is 0. The number of esters is 1. The fraction of sp³-hybridized carbons (Fsp3) is 0.250. The second kappa shape index (κ2) is 8.95. The third kappa shape index (κ3) is 4.40. The molecule has 31 heavy (non-hydrogen) atoms. The molecule has 0 amide bonds. The van der Waals surface area contributed by atoms with Crippen molar-refractivity contribution >= 4 is 16.9 Å². The van der Waals surface area contributed by atoms with Crippen LogP contribution in [0.25, 0.3) is 22.3 Å². The number of phenols is 2. The van der Waals surface area contributed by atoms with Crippen molar-refractivity contribution in [1.82, 2.24) is 0 Å². The van der Waals surface area contributed by atoms with E-state index in [1.165, 1.54) is 7.11 Å². The lowest BCUT2D eigenvalue weighted by Crippen LogP contribution is -2.15. The topological polar surface area (TPSA) is 106 Å². The van der Waals surface area contributed by atoms with Gasteiger partial charge in [0.25, 0.3) is 0 Å². The molecule has 0 saturated heterocycles. The number of aromatic hydroxyl groups is 2. The Morgan fingerprint density at radius 3 is 2.39 bits per heavy atom. The molecule has 3 rings (SSSR count). The van der Waals surface area contributed by atoms with Crippen LogP contribution in [-0.4, -0.2) is 23.3 Å². The summed E-state index contributed by atoms with van der Waals surface area (Å²) < 4.78 is 16.5. The first-order valence-corrected chi connectivity index (χ1v) is 9.79. The highest BCUT2D eigenvalue weighted by atomic mass is 16.5. The van der Waals surface area contributed by atoms with E-state index in [0.29, 0.717) is 16.9 Å². The van der Waals surface area contributed by atoms with E-state index in [2.05, 4.69) is 0 Å². The Morgan fingerprint density at radius 2 is 1.81 bits per heavy atom. The standard InChI is InChI=1S/C24H24O7/c1-5-19(27)30-24-21(28)20-18(26)12-17(25)16(11-6-13(2)3)23(20)31-22(24)14-7-9-15(29-4)10-8-14/h6-10,12,25-26H,5,11H2,1-4H3. The molecule has 0 radical (unpaired) electrons. The molecule has 7 nitrogen and oxygen atoms in total. The van der Waals surface area contributed by atoms with Crippen molar-refractivity contribution in [3.63, 3.8) is 0 Å². The van der Waals surface area contributed by atoms with Crippen molar-refractivity contribution in [2.75, 3.05) is 7.11 Å². The van der Waals surface area contributed by atoms with Gasteiger partial charge in [0, 0.05) is 23.6 Å². The summed E-state index contributed by atoms with van der Waals surface area (Å²) in [6.45, 7) is 5.41. The number of phenolic OH excluding ortho intramolecular Hbond substituents is 2. The summed E-state index contributed by atoms with van der Waals surface area (Å²) in [6, 6.07) is 7.76. The zero-order valence-corrected chi connectivity index (χ0v) is 17.8. The van der Waals surface area contributed by atoms with Gasteiger partial charge in [-0.1, -0.05) is 18.6 Å². The Labute approximate surface area is 179 Å². The molecule has 162 valence electrons. The van der Waals surface area contributed by atoms with Crippen molar-refractivity contribution in [2.45, 2.75) is 33.6 Å². The van der Waals surface area contributed by atoms with Crippen molar-refractivity contribution in [1.29, 1.82) is 0 Å². The summed E-state index contributed by atoms with van der Waals surface area (Å²) in [4.78, 5) is 25.3. The molecule has 0 fully saturated rings. The third-order valence-electron chi connectivity index (χ3n) is 4.75. The number of carbonyl (C=O) groups is 1. The van der Waals surface area contributed by atoms with Gasteiger partial charge in [0.1, 0.15) is 28.2 Å². The normalized spacial score (nSPS) is 10.7. The highest BCUT2D eigenvalue weighted by Crippen LogP contribution is 2.39. The van der Waals surface area contributed by atoms with Crippen LogP contribution in [0.4, 0.5) is 0 Å². The molecule has 0 atom stereocenters. The third-order valence-corrected chi connectivity index (χ3v) is 4.75. The van der Waals surface area contributed by atoms with Crippen LogP contribution in [-0.2, 0) is 11.2 Å². The lowest BCUT2D eigenvalue weighted by Gasteiger charge is -2.14. The number of rotatable bonds is 6. The fourth-order valence-corrected chi connectivity index (χ4v) is 3.08. The molecule has 0 aliphatic heterocycles. The Kier molecular flexibility index (Phi) is 6.34. The minimum absolute atomic E-state index is 0.0189. The van der Waals surface area contributed by atoms with E-state index in [9.17, 15) is 19.8 Å². The number of benzene rings is 2. The van der Waals surface area contributed by atoms with Crippen LogP contribution < -0.4 is 14.9 Å². The average Bonchev–Trinajstić information content (AvgIpc) is 2.74. The summed E-state index contributed by atoms with van der Waals surface area (Å²) in [6.07, 6.45) is 2.19. The van der Waals surface area contributed by atoms with Crippen LogP contribution in [0.5, 0.6) is 23.0 Å². The van der Waals surface area contributed by atoms with Gasteiger partial charge in [0.05, 0.1) is 7.11 Å². The molecular formula is C24H24O7. The second-order valence-electron chi connectivity index (χ2n) is 7.23. The maximum atomic E-state index is 13.3. The Bertz CT molecular complexity index is 1210. The number of ether oxygens (including phenoxy) is 2. The minimum atomic E-state index is -0.704. The number of hydrogen-bond donors (Lipinski definition) is 2. The first-order valence-electron chi connectivity index (χ1n) is 9.79. The lowest BCUT2D eigenvalue weighted by atomic mass is 10.0. The quantitative estimate of drug-likeness (QED) is 0.436. The number of allylic oxidation sites excluding steroid dienone is 2. The van der Waals surface area contributed by atoms with Gasteiger partial charge in [0.2, 0.25) is 11.2 Å². The van der Waals surface area contributed by atoms with Gasteiger partial charge >= 0.3 is 5.97 Å². The maximum Gasteiger partial charge on any atom is 0.311 e. The molecule has 3 aromatic rings. The monoisotopic (exact) mass is 424 g/mol. The number of carbonyl (C=O) groups excluding carboxylic acids is 1. The average molecular weight is 424 g/mol. The van der Waals surface area contributed by atoms with E-state index in [4.69, 9.17) is 13.9 Å².